The second-order valence-electron chi connectivity index (χ2n) is 2.79. The van der Waals surface area contributed by atoms with Crippen LogP contribution in [0.4, 0.5) is 5.82 Å². The fourth-order valence-electron chi connectivity index (χ4n) is 1.28. The molecule has 2 rings (SSSR count). The third-order valence-electron chi connectivity index (χ3n) is 1.99. The van der Waals surface area contributed by atoms with Crippen LogP contribution in [-0.4, -0.2) is 26.0 Å². The van der Waals surface area contributed by atoms with E-state index in [0.29, 0.717) is 11.0 Å². The Morgan fingerprint density at radius 1 is 1.47 bits per heavy atom. The SMILES string of the molecule is CCn1ncc2c(N)nc(SC)nc21.Cl. The van der Waals surface area contributed by atoms with Crippen molar-refractivity contribution in [3.8, 4) is 0 Å². The summed E-state index contributed by atoms with van der Waals surface area (Å²) in [6, 6.07) is 0. The molecule has 2 N–H and O–H groups in total. The minimum Gasteiger partial charge on any atom is -0.383 e. The summed E-state index contributed by atoms with van der Waals surface area (Å²) in [5.41, 5.74) is 6.59. The molecular weight excluding hydrogens is 234 g/mol. The lowest BCUT2D eigenvalue weighted by Gasteiger charge is -2.01. The van der Waals surface area contributed by atoms with E-state index in [-0.39, 0.29) is 12.4 Å². The Morgan fingerprint density at radius 2 is 2.20 bits per heavy atom. The van der Waals surface area contributed by atoms with Gasteiger partial charge in [-0.25, -0.2) is 14.6 Å². The smallest absolute Gasteiger partial charge is 0.191 e. The molecule has 0 saturated carbocycles. The average molecular weight is 246 g/mol. The summed E-state index contributed by atoms with van der Waals surface area (Å²) in [6.07, 6.45) is 3.63. The van der Waals surface area contributed by atoms with E-state index < -0.39 is 0 Å². The van der Waals surface area contributed by atoms with Gasteiger partial charge >= 0.3 is 0 Å². The molecule has 0 atom stereocenters. The van der Waals surface area contributed by atoms with E-state index in [4.69, 9.17) is 5.73 Å². The van der Waals surface area contributed by atoms with E-state index in [0.717, 1.165) is 17.6 Å². The minimum atomic E-state index is 0. The first-order valence-electron chi connectivity index (χ1n) is 4.29. The molecule has 0 aromatic carbocycles. The maximum Gasteiger partial charge on any atom is 0.191 e. The maximum atomic E-state index is 5.78. The molecule has 2 aromatic heterocycles. The fourth-order valence-corrected chi connectivity index (χ4v) is 1.65. The van der Waals surface area contributed by atoms with Gasteiger partial charge in [-0.15, -0.1) is 12.4 Å². The van der Waals surface area contributed by atoms with Crippen molar-refractivity contribution in [3.05, 3.63) is 6.20 Å². The predicted molar refractivity (Wildman–Crippen MR) is 64.4 cm³/mol. The molecule has 7 heteroatoms. The Labute approximate surface area is 97.9 Å². The van der Waals surface area contributed by atoms with Crippen molar-refractivity contribution < 1.29 is 0 Å². The molecule has 0 fully saturated rings. The van der Waals surface area contributed by atoms with Gasteiger partial charge in [0.15, 0.2) is 10.8 Å². The standard InChI is InChI=1S/C8H11N5S.ClH/c1-3-13-7-5(4-10-13)6(9)11-8(12-7)14-2;/h4H,3H2,1-2H3,(H2,9,11,12);1H. The second kappa shape index (κ2) is 4.67. The number of anilines is 1. The number of hydrogen-bond acceptors (Lipinski definition) is 5. The highest BCUT2D eigenvalue weighted by atomic mass is 35.5. The van der Waals surface area contributed by atoms with Crippen molar-refractivity contribution >= 4 is 41.0 Å². The van der Waals surface area contributed by atoms with Crippen LogP contribution in [0.3, 0.4) is 0 Å². The predicted octanol–water partition coefficient (Wildman–Crippen LogP) is 1.57. The van der Waals surface area contributed by atoms with Gasteiger partial charge in [0.25, 0.3) is 0 Å². The van der Waals surface area contributed by atoms with Crippen LogP contribution in [0.25, 0.3) is 11.0 Å². The number of nitrogens with two attached hydrogens (primary N) is 1. The van der Waals surface area contributed by atoms with Crippen molar-refractivity contribution in [1.29, 1.82) is 0 Å². The molecule has 5 nitrogen and oxygen atoms in total. The molecule has 2 aromatic rings. The molecule has 0 saturated heterocycles. The highest BCUT2D eigenvalue weighted by Gasteiger charge is 2.08. The Hall–Kier alpha value is -1.01. The van der Waals surface area contributed by atoms with Crippen LogP contribution < -0.4 is 5.73 Å². The number of thioether (sulfide) groups is 1. The first-order valence-corrected chi connectivity index (χ1v) is 5.51. The van der Waals surface area contributed by atoms with Crippen molar-refractivity contribution in [3.63, 3.8) is 0 Å². The molecule has 15 heavy (non-hydrogen) atoms. The van der Waals surface area contributed by atoms with Crippen LogP contribution in [0.2, 0.25) is 0 Å². The zero-order valence-corrected chi connectivity index (χ0v) is 10.1. The van der Waals surface area contributed by atoms with E-state index in [9.17, 15) is 0 Å². The van der Waals surface area contributed by atoms with Crippen LogP contribution in [-0.2, 0) is 6.54 Å². The lowest BCUT2D eigenvalue weighted by atomic mass is 10.4. The number of rotatable bonds is 2. The van der Waals surface area contributed by atoms with Crippen molar-refractivity contribution in [2.24, 2.45) is 0 Å². The molecule has 0 aliphatic heterocycles. The fraction of sp³-hybridized carbons (Fsp3) is 0.375. The minimum absolute atomic E-state index is 0. The van der Waals surface area contributed by atoms with Gasteiger partial charge in [-0.1, -0.05) is 11.8 Å². The summed E-state index contributed by atoms with van der Waals surface area (Å²) in [7, 11) is 0. The normalized spacial score (nSPS) is 10.3. The third-order valence-corrected chi connectivity index (χ3v) is 2.54. The molecule has 0 spiro atoms. The lowest BCUT2D eigenvalue weighted by molar-refractivity contribution is 0.673. The molecule has 0 bridgehead atoms. The van der Waals surface area contributed by atoms with Gasteiger partial charge in [0.2, 0.25) is 0 Å². The molecule has 0 unspecified atom stereocenters. The van der Waals surface area contributed by atoms with Crippen LogP contribution in [0, 0.1) is 0 Å². The number of halogens is 1. The molecule has 0 amide bonds. The summed E-state index contributed by atoms with van der Waals surface area (Å²) in [6.45, 7) is 2.80. The topological polar surface area (TPSA) is 69.6 Å². The quantitative estimate of drug-likeness (QED) is 0.643. The number of fused-ring (bicyclic) bond motifs is 1. The molecule has 0 aliphatic carbocycles. The van der Waals surface area contributed by atoms with E-state index in [1.54, 1.807) is 6.20 Å². The maximum absolute atomic E-state index is 5.78. The Morgan fingerprint density at radius 3 is 2.80 bits per heavy atom. The summed E-state index contributed by atoms with van der Waals surface area (Å²) in [4.78, 5) is 8.50. The van der Waals surface area contributed by atoms with Crippen LogP contribution in [0.15, 0.2) is 11.4 Å². The second-order valence-corrected chi connectivity index (χ2v) is 3.57. The number of nitrogen functional groups attached to an aromatic ring is 1. The molecular formula is C8H12ClN5S. The van der Waals surface area contributed by atoms with Gasteiger partial charge in [-0.2, -0.15) is 5.10 Å². The molecule has 2 heterocycles. The number of nitrogens with zero attached hydrogens (tertiary/aromatic N) is 4. The summed E-state index contributed by atoms with van der Waals surface area (Å²) >= 11 is 1.48. The van der Waals surface area contributed by atoms with Gasteiger partial charge < -0.3 is 5.73 Å². The Bertz CT molecular complexity index is 469. The Balaban J connectivity index is 0.00000112. The monoisotopic (exact) mass is 245 g/mol. The van der Waals surface area contributed by atoms with Crippen LogP contribution in [0.5, 0.6) is 0 Å². The zero-order valence-electron chi connectivity index (χ0n) is 8.47. The number of aryl methyl sites for hydroxylation is 1. The largest absolute Gasteiger partial charge is 0.383 e. The number of hydrogen-bond donors (Lipinski definition) is 1. The van der Waals surface area contributed by atoms with Gasteiger partial charge in [-0.05, 0) is 13.2 Å². The first kappa shape index (κ1) is 12.1. The summed E-state index contributed by atoms with van der Waals surface area (Å²) < 4.78 is 1.81. The summed E-state index contributed by atoms with van der Waals surface area (Å²) in [5.74, 6) is 0.499. The van der Waals surface area contributed by atoms with E-state index in [1.165, 1.54) is 11.8 Å². The van der Waals surface area contributed by atoms with Gasteiger partial charge in [-0.3, -0.25) is 0 Å². The highest BCUT2D eigenvalue weighted by Crippen LogP contribution is 2.20. The van der Waals surface area contributed by atoms with Gasteiger partial charge in [0.1, 0.15) is 5.82 Å². The first-order chi connectivity index (χ1) is 6.76. The molecule has 82 valence electrons. The summed E-state index contributed by atoms with van der Waals surface area (Å²) in [5, 5.41) is 5.68. The van der Waals surface area contributed by atoms with Crippen molar-refractivity contribution in [1.82, 2.24) is 19.7 Å². The van der Waals surface area contributed by atoms with Crippen LogP contribution in [0.1, 0.15) is 6.92 Å². The van der Waals surface area contributed by atoms with Crippen molar-refractivity contribution in [2.45, 2.75) is 18.6 Å². The molecule has 0 aliphatic rings. The third kappa shape index (κ3) is 2.00. The van der Waals surface area contributed by atoms with Gasteiger partial charge in [0, 0.05) is 6.54 Å². The van der Waals surface area contributed by atoms with Gasteiger partial charge in [0.05, 0.1) is 11.6 Å². The van der Waals surface area contributed by atoms with E-state index >= 15 is 0 Å². The lowest BCUT2D eigenvalue weighted by Crippen LogP contribution is -2.00. The van der Waals surface area contributed by atoms with Crippen LogP contribution >= 0.6 is 24.2 Å². The molecule has 0 radical (unpaired) electrons. The average Bonchev–Trinajstić information content (AvgIpc) is 2.61. The Kier molecular flexibility index (Phi) is 3.76. The van der Waals surface area contributed by atoms with Crippen molar-refractivity contribution in [2.75, 3.05) is 12.0 Å². The zero-order chi connectivity index (χ0) is 10.1. The highest BCUT2D eigenvalue weighted by molar-refractivity contribution is 7.98. The van der Waals surface area contributed by atoms with E-state index in [2.05, 4.69) is 15.1 Å². The number of aromatic nitrogens is 4. The van der Waals surface area contributed by atoms with E-state index in [1.807, 2.05) is 17.9 Å².